The van der Waals surface area contributed by atoms with Crippen molar-refractivity contribution in [2.75, 3.05) is 19.7 Å². The maximum Gasteiger partial charge on any atom is 0.128 e. The van der Waals surface area contributed by atoms with E-state index in [1.54, 1.807) is 12.1 Å². The summed E-state index contributed by atoms with van der Waals surface area (Å²) >= 11 is 0. The molecule has 1 N–H and O–H groups in total. The molecule has 15 heavy (non-hydrogen) atoms. The molecule has 1 atom stereocenters. The number of rotatable bonds is 4. The minimum absolute atomic E-state index is 0.179. The van der Waals surface area contributed by atoms with Crippen molar-refractivity contribution in [2.24, 2.45) is 5.92 Å². The van der Waals surface area contributed by atoms with Gasteiger partial charge < -0.3 is 10.1 Å². The standard InChI is InChI=1S/C12H16FNO/c13-12-4-2-1-3-11(12)9-15-8-10-5-6-14-7-10/h1-4,10,14H,5-9H2/t10-/m1/s1. The Morgan fingerprint density at radius 1 is 1.40 bits per heavy atom. The van der Waals surface area contributed by atoms with Crippen LogP contribution in [0.15, 0.2) is 24.3 Å². The first-order valence-electron chi connectivity index (χ1n) is 5.38. The van der Waals surface area contributed by atoms with Crippen molar-refractivity contribution in [3.8, 4) is 0 Å². The lowest BCUT2D eigenvalue weighted by molar-refractivity contribution is 0.0905. The highest BCUT2D eigenvalue weighted by Gasteiger charge is 2.14. The van der Waals surface area contributed by atoms with Crippen molar-refractivity contribution in [1.82, 2.24) is 5.32 Å². The summed E-state index contributed by atoms with van der Waals surface area (Å²) in [4.78, 5) is 0. The fourth-order valence-electron chi connectivity index (χ4n) is 1.81. The van der Waals surface area contributed by atoms with Crippen LogP contribution >= 0.6 is 0 Å². The zero-order chi connectivity index (χ0) is 10.5. The maximum atomic E-state index is 13.2. The van der Waals surface area contributed by atoms with Crippen molar-refractivity contribution < 1.29 is 9.13 Å². The van der Waals surface area contributed by atoms with Crippen LogP contribution in [0.25, 0.3) is 0 Å². The van der Waals surface area contributed by atoms with E-state index in [0.29, 0.717) is 18.1 Å². The third-order valence-corrected chi connectivity index (χ3v) is 2.73. The van der Waals surface area contributed by atoms with Crippen LogP contribution in [0, 0.1) is 11.7 Å². The summed E-state index contributed by atoms with van der Waals surface area (Å²) in [5, 5.41) is 3.28. The Labute approximate surface area is 89.4 Å². The molecule has 0 unspecified atom stereocenters. The van der Waals surface area contributed by atoms with Crippen LogP contribution in [-0.4, -0.2) is 19.7 Å². The van der Waals surface area contributed by atoms with Gasteiger partial charge in [-0.3, -0.25) is 0 Å². The maximum absolute atomic E-state index is 13.2. The van der Waals surface area contributed by atoms with E-state index in [0.717, 1.165) is 26.1 Å². The second kappa shape index (κ2) is 5.24. The number of halogens is 1. The quantitative estimate of drug-likeness (QED) is 0.818. The first-order chi connectivity index (χ1) is 7.36. The van der Waals surface area contributed by atoms with E-state index in [4.69, 9.17) is 4.74 Å². The molecule has 1 saturated heterocycles. The number of hydrogen-bond acceptors (Lipinski definition) is 2. The average molecular weight is 209 g/mol. The van der Waals surface area contributed by atoms with Gasteiger partial charge in [-0.15, -0.1) is 0 Å². The average Bonchev–Trinajstić information content (AvgIpc) is 2.74. The molecular weight excluding hydrogens is 193 g/mol. The molecule has 0 saturated carbocycles. The predicted octanol–water partition coefficient (Wildman–Crippen LogP) is 1.95. The van der Waals surface area contributed by atoms with Gasteiger partial charge in [-0.1, -0.05) is 18.2 Å². The smallest absolute Gasteiger partial charge is 0.128 e. The van der Waals surface area contributed by atoms with Crippen molar-refractivity contribution in [2.45, 2.75) is 13.0 Å². The zero-order valence-corrected chi connectivity index (χ0v) is 8.71. The summed E-state index contributed by atoms with van der Waals surface area (Å²) in [5.41, 5.74) is 0.642. The lowest BCUT2D eigenvalue weighted by Crippen LogP contribution is -2.13. The molecule has 1 aromatic carbocycles. The summed E-state index contributed by atoms with van der Waals surface area (Å²) in [5.74, 6) is 0.416. The predicted molar refractivity (Wildman–Crippen MR) is 57.0 cm³/mol. The van der Waals surface area contributed by atoms with Crippen LogP contribution in [-0.2, 0) is 11.3 Å². The third kappa shape index (κ3) is 3.01. The van der Waals surface area contributed by atoms with Crippen LogP contribution < -0.4 is 5.32 Å². The highest BCUT2D eigenvalue weighted by atomic mass is 19.1. The van der Waals surface area contributed by atoms with E-state index >= 15 is 0 Å². The Morgan fingerprint density at radius 3 is 3.00 bits per heavy atom. The molecule has 2 nitrogen and oxygen atoms in total. The van der Waals surface area contributed by atoms with Gasteiger partial charge >= 0.3 is 0 Å². The van der Waals surface area contributed by atoms with Gasteiger partial charge in [0, 0.05) is 12.1 Å². The van der Waals surface area contributed by atoms with Gasteiger partial charge in [0.1, 0.15) is 5.82 Å². The summed E-state index contributed by atoms with van der Waals surface area (Å²) in [6, 6.07) is 6.76. The second-order valence-corrected chi connectivity index (χ2v) is 3.97. The Hall–Kier alpha value is -0.930. The van der Waals surface area contributed by atoms with Crippen LogP contribution in [0.5, 0.6) is 0 Å². The topological polar surface area (TPSA) is 21.3 Å². The summed E-state index contributed by atoms with van der Waals surface area (Å²) in [6.45, 7) is 3.20. The van der Waals surface area contributed by atoms with E-state index < -0.39 is 0 Å². The molecule has 0 amide bonds. The fraction of sp³-hybridized carbons (Fsp3) is 0.500. The lowest BCUT2D eigenvalue weighted by Gasteiger charge is -2.09. The summed E-state index contributed by atoms with van der Waals surface area (Å²) in [6.07, 6.45) is 1.16. The molecule has 0 radical (unpaired) electrons. The van der Waals surface area contributed by atoms with Crippen molar-refractivity contribution in [1.29, 1.82) is 0 Å². The van der Waals surface area contributed by atoms with Crippen LogP contribution in [0.1, 0.15) is 12.0 Å². The van der Waals surface area contributed by atoms with Crippen LogP contribution in [0.4, 0.5) is 4.39 Å². The minimum atomic E-state index is -0.179. The van der Waals surface area contributed by atoms with Gasteiger partial charge in [-0.25, -0.2) is 4.39 Å². The molecule has 2 rings (SSSR count). The fourth-order valence-corrected chi connectivity index (χ4v) is 1.81. The number of ether oxygens (including phenoxy) is 1. The SMILES string of the molecule is Fc1ccccc1COC[C@@H]1CCNC1. The number of nitrogens with one attached hydrogen (secondary N) is 1. The van der Waals surface area contributed by atoms with Crippen molar-refractivity contribution in [3.05, 3.63) is 35.6 Å². The van der Waals surface area contributed by atoms with Gasteiger partial charge in [0.05, 0.1) is 13.2 Å². The number of hydrogen-bond donors (Lipinski definition) is 1. The van der Waals surface area contributed by atoms with Gasteiger partial charge in [-0.05, 0) is 24.9 Å². The lowest BCUT2D eigenvalue weighted by atomic mass is 10.1. The van der Waals surface area contributed by atoms with Crippen LogP contribution in [0.3, 0.4) is 0 Å². The first-order valence-corrected chi connectivity index (χ1v) is 5.38. The second-order valence-electron chi connectivity index (χ2n) is 3.97. The van der Waals surface area contributed by atoms with E-state index in [1.807, 2.05) is 6.07 Å². The largest absolute Gasteiger partial charge is 0.376 e. The van der Waals surface area contributed by atoms with Crippen molar-refractivity contribution in [3.63, 3.8) is 0 Å². The first kappa shape index (κ1) is 10.6. The molecule has 1 aliphatic rings. The van der Waals surface area contributed by atoms with Gasteiger partial charge in [-0.2, -0.15) is 0 Å². The molecule has 1 aliphatic heterocycles. The molecular formula is C12H16FNO. The highest BCUT2D eigenvalue weighted by molar-refractivity contribution is 5.16. The van der Waals surface area contributed by atoms with E-state index in [1.165, 1.54) is 6.07 Å². The van der Waals surface area contributed by atoms with Crippen molar-refractivity contribution >= 4 is 0 Å². The van der Waals surface area contributed by atoms with E-state index in [2.05, 4.69) is 5.32 Å². The molecule has 0 spiro atoms. The normalized spacial score (nSPS) is 20.7. The molecule has 0 aliphatic carbocycles. The Morgan fingerprint density at radius 2 is 2.27 bits per heavy atom. The molecule has 0 aromatic heterocycles. The van der Waals surface area contributed by atoms with E-state index in [9.17, 15) is 4.39 Å². The third-order valence-electron chi connectivity index (χ3n) is 2.73. The molecule has 0 bridgehead atoms. The number of benzene rings is 1. The van der Waals surface area contributed by atoms with Gasteiger partial charge in [0.2, 0.25) is 0 Å². The van der Waals surface area contributed by atoms with Gasteiger partial charge in [0.15, 0.2) is 0 Å². The van der Waals surface area contributed by atoms with Crippen LogP contribution in [0.2, 0.25) is 0 Å². The molecule has 1 heterocycles. The highest BCUT2D eigenvalue weighted by Crippen LogP contribution is 2.11. The molecule has 3 heteroatoms. The zero-order valence-electron chi connectivity index (χ0n) is 8.71. The molecule has 1 aromatic rings. The van der Waals surface area contributed by atoms with E-state index in [-0.39, 0.29) is 5.82 Å². The minimum Gasteiger partial charge on any atom is -0.376 e. The van der Waals surface area contributed by atoms with Gasteiger partial charge in [0.25, 0.3) is 0 Å². The molecule has 1 fully saturated rings. The molecule has 82 valence electrons. The Balaban J connectivity index is 1.75. The Bertz CT molecular complexity index is 310. The summed E-state index contributed by atoms with van der Waals surface area (Å²) in [7, 11) is 0. The monoisotopic (exact) mass is 209 g/mol. The summed E-state index contributed by atoms with van der Waals surface area (Å²) < 4.78 is 18.7. The Kier molecular flexibility index (Phi) is 3.69.